The number of aliphatic hydroxyl groups is 2. The van der Waals surface area contributed by atoms with Crippen molar-refractivity contribution in [2.24, 2.45) is 45.3 Å². The Kier molecular flexibility index (Phi) is 5.28. The normalized spacial score (nSPS) is 53.6. The van der Waals surface area contributed by atoms with Gasteiger partial charge in [0.2, 0.25) is 0 Å². The molecule has 4 aliphatic carbocycles. The van der Waals surface area contributed by atoms with Crippen LogP contribution in [0.2, 0.25) is 0 Å². The second-order valence-electron chi connectivity index (χ2n) is 14.7. The molecule has 1 heterocycles. The summed E-state index contributed by atoms with van der Waals surface area (Å²) in [5, 5.41) is 22.0. The van der Waals surface area contributed by atoms with Crippen molar-refractivity contribution in [3.8, 4) is 0 Å². The number of hydrogen-bond donors (Lipinski definition) is 2. The molecule has 34 heavy (non-hydrogen) atoms. The average molecular weight is 473 g/mol. The molecule has 0 aromatic heterocycles. The van der Waals surface area contributed by atoms with E-state index >= 15 is 0 Å². The number of aliphatic hydroxyl groups excluding tert-OH is 2. The number of Topliss-reactive ketones (excluding diaryl/α,β-unsaturated/α-hetero) is 1. The van der Waals surface area contributed by atoms with Gasteiger partial charge in [0, 0.05) is 18.4 Å². The van der Waals surface area contributed by atoms with Crippen molar-refractivity contribution in [2.75, 3.05) is 6.61 Å². The maximum atomic E-state index is 13.9. The van der Waals surface area contributed by atoms with Gasteiger partial charge in [-0.05, 0) is 106 Å². The van der Waals surface area contributed by atoms with Crippen molar-refractivity contribution >= 4 is 5.78 Å². The van der Waals surface area contributed by atoms with Crippen LogP contribution in [-0.4, -0.2) is 39.9 Å². The molecule has 192 valence electrons. The summed E-state index contributed by atoms with van der Waals surface area (Å²) >= 11 is 0. The van der Waals surface area contributed by atoms with E-state index < -0.39 is 5.60 Å². The zero-order chi connectivity index (χ0) is 25.1. The fourth-order valence-corrected chi connectivity index (χ4v) is 11.0. The first-order chi connectivity index (χ1) is 15.6. The number of hydrogen-bond acceptors (Lipinski definition) is 4. The lowest BCUT2D eigenvalue weighted by molar-refractivity contribution is -0.237. The largest absolute Gasteiger partial charge is 0.396 e. The smallest absolute Gasteiger partial charge is 0.140 e. The summed E-state index contributed by atoms with van der Waals surface area (Å²) in [6, 6.07) is 0. The molecule has 1 aliphatic heterocycles. The van der Waals surface area contributed by atoms with Crippen molar-refractivity contribution in [1.29, 1.82) is 0 Å². The maximum absolute atomic E-state index is 13.9. The van der Waals surface area contributed by atoms with Crippen molar-refractivity contribution in [2.45, 2.75) is 118 Å². The van der Waals surface area contributed by atoms with E-state index in [1.165, 1.54) is 0 Å². The zero-order valence-electron chi connectivity index (χ0n) is 22.8. The third-order valence-corrected chi connectivity index (χ3v) is 12.6. The van der Waals surface area contributed by atoms with Gasteiger partial charge in [-0.15, -0.1) is 0 Å². The topological polar surface area (TPSA) is 66.8 Å². The Morgan fingerprint density at radius 3 is 2.24 bits per heavy atom. The highest BCUT2D eigenvalue weighted by molar-refractivity contribution is 5.87. The fourth-order valence-electron chi connectivity index (χ4n) is 11.0. The number of ether oxygens (including phenoxy) is 1. The number of rotatable bonds is 2. The van der Waals surface area contributed by atoms with Gasteiger partial charge in [-0.2, -0.15) is 0 Å². The van der Waals surface area contributed by atoms with E-state index in [1.54, 1.807) is 0 Å². The molecule has 0 radical (unpaired) electrons. The van der Waals surface area contributed by atoms with Crippen molar-refractivity contribution in [3.05, 3.63) is 11.6 Å². The highest BCUT2D eigenvalue weighted by Crippen LogP contribution is 2.75. The summed E-state index contributed by atoms with van der Waals surface area (Å²) in [5.74, 6) is 1.19. The molecule has 9 atom stereocenters. The van der Waals surface area contributed by atoms with E-state index in [2.05, 4.69) is 61.5 Å². The van der Waals surface area contributed by atoms with Crippen LogP contribution in [0.3, 0.4) is 0 Å². The lowest BCUT2D eigenvalue weighted by Gasteiger charge is -2.70. The van der Waals surface area contributed by atoms with Crippen LogP contribution in [-0.2, 0) is 9.53 Å². The van der Waals surface area contributed by atoms with Gasteiger partial charge in [0.15, 0.2) is 0 Å². The highest BCUT2D eigenvalue weighted by Gasteiger charge is 2.73. The first-order valence-corrected chi connectivity index (χ1v) is 13.8. The Morgan fingerprint density at radius 2 is 1.65 bits per heavy atom. The van der Waals surface area contributed by atoms with E-state index in [-0.39, 0.29) is 51.8 Å². The number of fused-ring (bicyclic) bond motifs is 5. The summed E-state index contributed by atoms with van der Waals surface area (Å²) in [6.45, 7) is 17.9. The second-order valence-corrected chi connectivity index (χ2v) is 14.7. The van der Waals surface area contributed by atoms with Gasteiger partial charge in [-0.25, -0.2) is 0 Å². The maximum Gasteiger partial charge on any atom is 0.140 e. The Bertz CT molecular complexity index is 919. The lowest BCUT2D eigenvalue weighted by Crippen LogP contribution is -2.65. The number of carbonyl (C=O) groups excluding carboxylic acids is 1. The first-order valence-electron chi connectivity index (χ1n) is 13.8. The molecule has 5 aliphatic rings. The molecular weight excluding hydrogens is 424 g/mol. The summed E-state index contributed by atoms with van der Waals surface area (Å²) in [6.07, 6.45) is 8.51. The zero-order valence-corrected chi connectivity index (χ0v) is 22.8. The van der Waals surface area contributed by atoms with E-state index in [0.717, 1.165) is 44.1 Å². The first kappa shape index (κ1) is 25.0. The molecule has 0 spiro atoms. The Balaban J connectivity index is 1.57. The summed E-state index contributed by atoms with van der Waals surface area (Å²) in [7, 11) is 0. The molecule has 0 aromatic rings. The number of ketones is 1. The van der Waals surface area contributed by atoms with Gasteiger partial charge in [0.25, 0.3) is 0 Å². The van der Waals surface area contributed by atoms with Gasteiger partial charge < -0.3 is 14.9 Å². The predicted octanol–water partition coefficient (Wildman–Crippen LogP) is 5.70. The van der Waals surface area contributed by atoms with Crippen LogP contribution in [0.25, 0.3) is 0 Å². The predicted molar refractivity (Wildman–Crippen MR) is 134 cm³/mol. The minimum absolute atomic E-state index is 0.0825. The van der Waals surface area contributed by atoms with E-state index in [9.17, 15) is 15.0 Å². The molecule has 1 unspecified atom stereocenters. The quantitative estimate of drug-likeness (QED) is 0.506. The number of carbonyl (C=O) groups is 1. The van der Waals surface area contributed by atoms with Crippen LogP contribution in [0.4, 0.5) is 0 Å². The second kappa shape index (κ2) is 7.19. The van der Waals surface area contributed by atoms with Crippen molar-refractivity contribution in [1.82, 2.24) is 0 Å². The molecule has 2 N–H and O–H groups in total. The SMILES string of the molecule is CC1=CC(C)(C)OC1(C)[C@H]1C(=O)C[C@]2(CO)[C@@H]1CC[C@@H]1[C@@]3(C)CC[C@H](O)C(C)(C)[C@@H]3CC[C@]12C. The minimum atomic E-state index is -0.594. The molecule has 4 nitrogen and oxygen atoms in total. The molecule has 0 saturated heterocycles. The van der Waals surface area contributed by atoms with Gasteiger partial charge in [-0.1, -0.05) is 33.8 Å². The van der Waals surface area contributed by atoms with Crippen LogP contribution < -0.4 is 0 Å². The van der Waals surface area contributed by atoms with E-state index in [1.807, 2.05) is 0 Å². The molecule has 0 amide bonds. The van der Waals surface area contributed by atoms with Crippen molar-refractivity contribution < 1.29 is 19.7 Å². The van der Waals surface area contributed by atoms with Gasteiger partial charge >= 0.3 is 0 Å². The van der Waals surface area contributed by atoms with Crippen LogP contribution in [0.15, 0.2) is 11.6 Å². The molecule has 0 bridgehead atoms. The summed E-state index contributed by atoms with van der Waals surface area (Å²) < 4.78 is 6.63. The Labute approximate surface area is 206 Å². The van der Waals surface area contributed by atoms with Gasteiger partial charge in [0.05, 0.1) is 23.2 Å². The molecular formula is C30H48O4. The van der Waals surface area contributed by atoms with Crippen molar-refractivity contribution in [3.63, 3.8) is 0 Å². The highest BCUT2D eigenvalue weighted by atomic mass is 16.5. The van der Waals surface area contributed by atoms with Gasteiger partial charge in [-0.3, -0.25) is 4.79 Å². The Morgan fingerprint density at radius 1 is 0.971 bits per heavy atom. The van der Waals surface area contributed by atoms with Gasteiger partial charge in [0.1, 0.15) is 5.78 Å². The molecule has 4 saturated carbocycles. The summed E-state index contributed by atoms with van der Waals surface area (Å²) in [4.78, 5) is 13.9. The molecule has 0 aromatic carbocycles. The third kappa shape index (κ3) is 2.85. The molecule has 4 fully saturated rings. The average Bonchev–Trinajstić information content (AvgIpc) is 3.14. The molecule has 4 heteroatoms. The monoisotopic (exact) mass is 472 g/mol. The minimum Gasteiger partial charge on any atom is -0.396 e. The standard InChI is InChI=1S/C30H48O4/c1-18-15-25(2,3)34-29(18,8)24-19-9-10-22-27(6)13-12-23(33)26(4,5)21(27)11-14-28(22,7)30(19,17-31)16-20(24)32/h15,19,21-24,31,33H,9-14,16-17H2,1-8H3/t19-,21+,22-,23+,24-,27+,28-,29?,30+/m1/s1. The Hall–Kier alpha value is -0.710. The van der Waals surface area contributed by atoms with Crippen LogP contribution in [0.1, 0.15) is 100 Å². The van der Waals surface area contributed by atoms with E-state index in [4.69, 9.17) is 4.74 Å². The summed E-state index contributed by atoms with van der Waals surface area (Å²) in [5.41, 5.74) is -0.226. The van der Waals surface area contributed by atoms with E-state index in [0.29, 0.717) is 24.0 Å². The van der Waals surface area contributed by atoms with Crippen LogP contribution in [0, 0.1) is 45.3 Å². The van der Waals surface area contributed by atoms with Crippen LogP contribution in [0.5, 0.6) is 0 Å². The third-order valence-electron chi connectivity index (χ3n) is 12.6. The van der Waals surface area contributed by atoms with Crippen LogP contribution >= 0.6 is 0 Å². The lowest BCUT2D eigenvalue weighted by atomic mass is 9.35. The molecule has 5 rings (SSSR count). The fraction of sp³-hybridized carbons (Fsp3) is 0.900.